The van der Waals surface area contributed by atoms with Crippen molar-refractivity contribution >= 4 is 0 Å². The van der Waals surface area contributed by atoms with Crippen LogP contribution >= 0.6 is 0 Å². The Kier molecular flexibility index (Phi) is 20.8. The molecule has 4 atom stereocenters. The van der Waals surface area contributed by atoms with Gasteiger partial charge >= 0.3 is 0 Å². The van der Waals surface area contributed by atoms with Crippen LogP contribution in [0.2, 0.25) is 0 Å². The molecule has 0 spiro atoms. The van der Waals surface area contributed by atoms with Gasteiger partial charge in [-0.1, -0.05) is 84.3 Å². The molecule has 0 saturated heterocycles. The van der Waals surface area contributed by atoms with Crippen LogP contribution in [0.3, 0.4) is 0 Å². The van der Waals surface area contributed by atoms with E-state index in [0.717, 1.165) is 30.6 Å². The molecule has 5 heteroatoms. The molecule has 0 aliphatic carbocycles. The summed E-state index contributed by atoms with van der Waals surface area (Å²) in [6.45, 7) is 12.2. The molecule has 0 heterocycles. The molecule has 192 valence electrons. The molecule has 0 rings (SSSR count). The van der Waals surface area contributed by atoms with E-state index in [9.17, 15) is 5.11 Å². The fraction of sp³-hybridized carbons (Fsp3) is 0.926. The largest absolute Gasteiger partial charge is 0.394 e. The lowest BCUT2D eigenvalue weighted by molar-refractivity contribution is -0.0474. The minimum Gasteiger partial charge on any atom is -0.394 e. The molecule has 4 unspecified atom stereocenters. The minimum absolute atomic E-state index is 0.0195. The highest BCUT2D eigenvalue weighted by Gasteiger charge is 2.08. The second kappa shape index (κ2) is 21.1. The van der Waals surface area contributed by atoms with Crippen LogP contribution in [-0.4, -0.2) is 60.6 Å². The molecule has 0 aromatic carbocycles. The molecule has 0 aromatic heterocycles. The number of hydrogen-bond donors (Lipinski definition) is 3. The van der Waals surface area contributed by atoms with Crippen molar-refractivity contribution in [3.63, 3.8) is 0 Å². The molecule has 0 radical (unpaired) electrons. The van der Waals surface area contributed by atoms with Crippen LogP contribution in [0.5, 0.6) is 0 Å². The first kappa shape index (κ1) is 31.5. The smallest absolute Gasteiger partial charge is 0.101 e. The maximum Gasteiger partial charge on any atom is 0.101 e. The van der Waals surface area contributed by atoms with Gasteiger partial charge in [-0.3, -0.25) is 0 Å². The van der Waals surface area contributed by atoms with E-state index in [1.807, 2.05) is 0 Å². The van der Waals surface area contributed by atoms with E-state index < -0.39 is 12.2 Å². The van der Waals surface area contributed by atoms with Gasteiger partial charge in [-0.15, -0.1) is 0 Å². The van der Waals surface area contributed by atoms with Gasteiger partial charge in [-0.2, -0.15) is 0 Å². The zero-order valence-electron chi connectivity index (χ0n) is 21.7. The van der Waals surface area contributed by atoms with Crippen LogP contribution in [0.15, 0.2) is 11.6 Å². The van der Waals surface area contributed by atoms with E-state index in [2.05, 4.69) is 40.7 Å². The summed E-state index contributed by atoms with van der Waals surface area (Å²) in [5.74, 6) is 2.53. The predicted molar refractivity (Wildman–Crippen MR) is 134 cm³/mol. The third kappa shape index (κ3) is 21.4. The second-order valence-corrected chi connectivity index (χ2v) is 10.3. The van der Waals surface area contributed by atoms with E-state index in [-0.39, 0.29) is 26.4 Å². The summed E-state index contributed by atoms with van der Waals surface area (Å²) in [5, 5.41) is 27.6. The lowest BCUT2D eigenvalue weighted by Crippen LogP contribution is -2.26. The first-order valence-corrected chi connectivity index (χ1v) is 13.0. The lowest BCUT2D eigenvalue weighted by atomic mass is 9.91. The van der Waals surface area contributed by atoms with Gasteiger partial charge < -0.3 is 24.8 Å². The molecule has 0 aliphatic heterocycles. The minimum atomic E-state index is -0.896. The van der Waals surface area contributed by atoms with Gasteiger partial charge in [-0.25, -0.2) is 0 Å². The maximum atomic E-state index is 9.75. The zero-order chi connectivity index (χ0) is 24.2. The number of ether oxygens (including phenoxy) is 2. The molecule has 0 saturated carbocycles. The molecule has 3 N–H and O–H groups in total. The molecule has 0 bridgehead atoms. The van der Waals surface area contributed by atoms with E-state index >= 15 is 0 Å². The van der Waals surface area contributed by atoms with Crippen molar-refractivity contribution in [1.29, 1.82) is 0 Å². The predicted octanol–water partition coefficient (Wildman–Crippen LogP) is 5.51. The van der Waals surface area contributed by atoms with Crippen LogP contribution in [0.1, 0.15) is 98.8 Å². The van der Waals surface area contributed by atoms with E-state index in [1.165, 1.54) is 56.9 Å². The summed E-state index contributed by atoms with van der Waals surface area (Å²) in [4.78, 5) is 0. The molecule has 0 amide bonds. The van der Waals surface area contributed by atoms with Crippen LogP contribution in [-0.2, 0) is 9.47 Å². The summed E-state index contributed by atoms with van der Waals surface area (Å²) in [6, 6.07) is 0. The van der Waals surface area contributed by atoms with Crippen LogP contribution < -0.4 is 0 Å². The Bertz CT molecular complexity index is 438. The number of aliphatic hydroxyl groups excluding tert-OH is 3. The van der Waals surface area contributed by atoms with Crippen molar-refractivity contribution < 1.29 is 24.8 Å². The summed E-state index contributed by atoms with van der Waals surface area (Å²) in [7, 11) is 0. The maximum absolute atomic E-state index is 9.75. The highest BCUT2D eigenvalue weighted by Crippen LogP contribution is 2.22. The van der Waals surface area contributed by atoms with Gasteiger partial charge in [0.05, 0.1) is 33.0 Å². The fourth-order valence-corrected chi connectivity index (χ4v) is 3.86. The van der Waals surface area contributed by atoms with Crippen LogP contribution in [0.4, 0.5) is 0 Å². The summed E-state index contributed by atoms with van der Waals surface area (Å²) in [6.07, 6.45) is 13.5. The van der Waals surface area contributed by atoms with Gasteiger partial charge in [-0.05, 0) is 43.9 Å². The van der Waals surface area contributed by atoms with Crippen molar-refractivity contribution in [2.45, 2.75) is 111 Å². The first-order valence-electron chi connectivity index (χ1n) is 13.0. The third-order valence-corrected chi connectivity index (χ3v) is 6.04. The monoisotopic (exact) mass is 458 g/mol. The Morgan fingerprint density at radius 3 is 1.88 bits per heavy atom. The SMILES string of the molecule is CC(=CCCOCC(O)COCC(O)CO)CCCC(C)CCCC(C)CCCC(C)C. The molecule has 32 heavy (non-hydrogen) atoms. The quantitative estimate of drug-likeness (QED) is 0.147. The highest BCUT2D eigenvalue weighted by molar-refractivity contribution is 4.97. The second-order valence-electron chi connectivity index (χ2n) is 10.3. The summed E-state index contributed by atoms with van der Waals surface area (Å²) >= 11 is 0. The van der Waals surface area contributed by atoms with Crippen molar-refractivity contribution in [1.82, 2.24) is 0 Å². The van der Waals surface area contributed by atoms with Crippen LogP contribution in [0, 0.1) is 17.8 Å². The Labute approximate surface area is 198 Å². The highest BCUT2D eigenvalue weighted by atomic mass is 16.5. The number of allylic oxidation sites excluding steroid dienone is 1. The van der Waals surface area contributed by atoms with Crippen molar-refractivity contribution in [3.8, 4) is 0 Å². The molecule has 0 aliphatic rings. The average Bonchev–Trinajstić information content (AvgIpc) is 2.73. The van der Waals surface area contributed by atoms with E-state index in [1.54, 1.807) is 0 Å². The summed E-state index contributed by atoms with van der Waals surface area (Å²) in [5.41, 5.74) is 1.42. The molecule has 5 nitrogen and oxygen atoms in total. The Hall–Kier alpha value is -0.460. The molecule has 0 fully saturated rings. The normalized spacial score (nSPS) is 16.3. The lowest BCUT2D eigenvalue weighted by Gasteiger charge is -2.15. The number of hydrogen-bond acceptors (Lipinski definition) is 5. The Balaban J connectivity index is 3.64. The van der Waals surface area contributed by atoms with Gasteiger partial charge in [0.25, 0.3) is 0 Å². The van der Waals surface area contributed by atoms with Gasteiger partial charge in [0.1, 0.15) is 12.2 Å². The van der Waals surface area contributed by atoms with Crippen LogP contribution in [0.25, 0.3) is 0 Å². The Morgan fingerprint density at radius 1 is 0.750 bits per heavy atom. The number of rotatable bonds is 22. The standard InChI is InChI=1S/C27H54O5/c1-22(2)10-6-11-23(3)12-7-13-24(4)14-8-15-25(5)16-9-17-31-20-27(30)21-32-19-26(29)18-28/h16,22-24,26-30H,6-15,17-21H2,1-5H3. The topological polar surface area (TPSA) is 79.2 Å². The van der Waals surface area contributed by atoms with Gasteiger partial charge in [0.15, 0.2) is 0 Å². The van der Waals surface area contributed by atoms with E-state index in [0.29, 0.717) is 6.61 Å². The zero-order valence-corrected chi connectivity index (χ0v) is 21.7. The molecular weight excluding hydrogens is 404 g/mol. The molecular formula is C27H54O5. The van der Waals surface area contributed by atoms with E-state index in [4.69, 9.17) is 19.7 Å². The average molecular weight is 459 g/mol. The van der Waals surface area contributed by atoms with Gasteiger partial charge in [0.2, 0.25) is 0 Å². The molecule has 0 aromatic rings. The van der Waals surface area contributed by atoms with Crippen molar-refractivity contribution in [2.24, 2.45) is 17.8 Å². The summed E-state index contributed by atoms with van der Waals surface area (Å²) < 4.78 is 10.6. The van der Waals surface area contributed by atoms with Gasteiger partial charge in [0, 0.05) is 0 Å². The van der Waals surface area contributed by atoms with Crippen molar-refractivity contribution in [3.05, 3.63) is 11.6 Å². The first-order chi connectivity index (χ1) is 15.2. The third-order valence-electron chi connectivity index (χ3n) is 6.04. The van der Waals surface area contributed by atoms with Crippen molar-refractivity contribution in [2.75, 3.05) is 33.0 Å². The Morgan fingerprint density at radius 2 is 1.28 bits per heavy atom. The fourth-order valence-electron chi connectivity index (χ4n) is 3.86. The number of aliphatic hydroxyl groups is 3.